The number of aliphatic hydroxyl groups is 1. The molecule has 1 heterocycles. The Kier molecular flexibility index (Phi) is 2.92. The van der Waals surface area contributed by atoms with Gasteiger partial charge in [-0.25, -0.2) is 0 Å². The molecule has 0 atom stereocenters. The van der Waals surface area contributed by atoms with E-state index in [9.17, 15) is 0 Å². The smallest absolute Gasteiger partial charge is 0.0556 e. The molecule has 0 aliphatic heterocycles. The van der Waals surface area contributed by atoms with E-state index in [4.69, 9.17) is 5.11 Å². The second-order valence-corrected chi connectivity index (χ2v) is 2.01. The molecule has 1 rings (SSSR count). The Balaban J connectivity index is 2.15. The van der Waals surface area contributed by atoms with E-state index in [1.54, 1.807) is 6.20 Å². The first-order chi connectivity index (χ1) is 4.93. The highest BCUT2D eigenvalue weighted by molar-refractivity contribution is 5.01. The molecule has 1 aromatic rings. The maximum absolute atomic E-state index is 8.41. The van der Waals surface area contributed by atoms with E-state index in [1.807, 2.05) is 6.20 Å². The van der Waals surface area contributed by atoms with Gasteiger partial charge >= 0.3 is 0 Å². The summed E-state index contributed by atoms with van der Waals surface area (Å²) < 4.78 is 0. The average Bonchev–Trinajstić information content (AvgIpc) is 2.41. The van der Waals surface area contributed by atoms with Gasteiger partial charge in [0.25, 0.3) is 0 Å². The van der Waals surface area contributed by atoms with Gasteiger partial charge in [-0.05, 0) is 0 Å². The predicted molar refractivity (Wildman–Crippen MR) is 37.4 cm³/mol. The van der Waals surface area contributed by atoms with Crippen molar-refractivity contribution in [3.8, 4) is 0 Å². The Labute approximate surface area is 59.3 Å². The average molecular weight is 141 g/mol. The Hall–Kier alpha value is -0.870. The predicted octanol–water partition coefficient (Wildman–Crippen LogP) is -0.508. The molecule has 0 spiro atoms. The molecule has 4 heteroatoms. The minimum atomic E-state index is 0.178. The van der Waals surface area contributed by atoms with Crippen LogP contribution in [0.25, 0.3) is 0 Å². The molecule has 0 bridgehead atoms. The van der Waals surface area contributed by atoms with Crippen LogP contribution in [0.2, 0.25) is 0 Å². The topological polar surface area (TPSA) is 60.9 Å². The Bertz CT molecular complexity index is 162. The summed E-state index contributed by atoms with van der Waals surface area (Å²) in [5, 5.41) is 17.9. The maximum Gasteiger partial charge on any atom is 0.0556 e. The number of H-pyrrole nitrogens is 1. The van der Waals surface area contributed by atoms with Crippen molar-refractivity contribution in [2.24, 2.45) is 0 Å². The first kappa shape index (κ1) is 7.24. The van der Waals surface area contributed by atoms with Crippen molar-refractivity contribution >= 4 is 0 Å². The minimum absolute atomic E-state index is 0.178. The second-order valence-electron chi connectivity index (χ2n) is 2.01. The molecule has 0 fully saturated rings. The lowest BCUT2D eigenvalue weighted by atomic mass is 10.4. The number of aliphatic hydroxyl groups excluding tert-OH is 1. The van der Waals surface area contributed by atoms with Crippen molar-refractivity contribution in [1.29, 1.82) is 0 Å². The van der Waals surface area contributed by atoms with Gasteiger partial charge in [-0.1, -0.05) is 0 Å². The number of hydrogen-bond acceptors (Lipinski definition) is 3. The lowest BCUT2D eigenvalue weighted by molar-refractivity contribution is 0.292. The highest BCUT2D eigenvalue weighted by Crippen LogP contribution is 1.90. The van der Waals surface area contributed by atoms with E-state index in [2.05, 4.69) is 15.5 Å². The molecule has 3 N–H and O–H groups in total. The molecule has 0 aromatic carbocycles. The molecule has 0 aliphatic carbocycles. The van der Waals surface area contributed by atoms with Crippen molar-refractivity contribution in [2.45, 2.75) is 6.54 Å². The molecule has 0 saturated carbocycles. The molecule has 0 radical (unpaired) electrons. The fourth-order valence-electron chi connectivity index (χ4n) is 0.686. The molecule has 0 aliphatic rings. The first-order valence-corrected chi connectivity index (χ1v) is 3.22. The van der Waals surface area contributed by atoms with Gasteiger partial charge < -0.3 is 10.4 Å². The molecule has 56 valence electrons. The van der Waals surface area contributed by atoms with E-state index in [0.29, 0.717) is 6.54 Å². The van der Waals surface area contributed by atoms with Crippen LogP contribution in [-0.4, -0.2) is 28.5 Å². The van der Waals surface area contributed by atoms with E-state index in [-0.39, 0.29) is 6.61 Å². The van der Waals surface area contributed by atoms with Gasteiger partial charge in [0.15, 0.2) is 0 Å². The Morgan fingerprint density at radius 3 is 3.20 bits per heavy atom. The van der Waals surface area contributed by atoms with E-state index in [1.165, 1.54) is 0 Å². The fourth-order valence-corrected chi connectivity index (χ4v) is 0.686. The zero-order chi connectivity index (χ0) is 7.23. The van der Waals surface area contributed by atoms with Gasteiger partial charge in [0.1, 0.15) is 0 Å². The third-order valence-corrected chi connectivity index (χ3v) is 1.17. The van der Waals surface area contributed by atoms with Gasteiger partial charge in [-0.15, -0.1) is 0 Å². The molecule has 1 aromatic heterocycles. The van der Waals surface area contributed by atoms with Crippen molar-refractivity contribution in [3.05, 3.63) is 18.0 Å². The lowest BCUT2D eigenvalue weighted by Gasteiger charge is -1.96. The summed E-state index contributed by atoms with van der Waals surface area (Å²) in [6.07, 6.45) is 3.58. The molecule has 4 nitrogen and oxygen atoms in total. The third kappa shape index (κ3) is 2.16. The van der Waals surface area contributed by atoms with Crippen molar-refractivity contribution < 1.29 is 5.11 Å². The van der Waals surface area contributed by atoms with Crippen LogP contribution in [-0.2, 0) is 6.54 Å². The monoisotopic (exact) mass is 141 g/mol. The van der Waals surface area contributed by atoms with Crippen LogP contribution < -0.4 is 5.32 Å². The van der Waals surface area contributed by atoms with Gasteiger partial charge in [0, 0.05) is 24.8 Å². The number of nitrogens with one attached hydrogen (secondary N) is 2. The van der Waals surface area contributed by atoms with Crippen LogP contribution in [0.4, 0.5) is 0 Å². The molecular weight excluding hydrogens is 130 g/mol. The third-order valence-electron chi connectivity index (χ3n) is 1.17. The van der Waals surface area contributed by atoms with Crippen molar-refractivity contribution in [2.75, 3.05) is 13.2 Å². The summed E-state index contributed by atoms with van der Waals surface area (Å²) >= 11 is 0. The lowest BCUT2D eigenvalue weighted by Crippen LogP contribution is -2.16. The van der Waals surface area contributed by atoms with Crippen LogP contribution in [0.5, 0.6) is 0 Å². The standard InChI is InChI=1S/C6H11N3O/c10-2-1-7-3-6-4-8-9-5-6/h4-5,7,10H,1-3H2,(H,8,9). The molecule has 10 heavy (non-hydrogen) atoms. The van der Waals surface area contributed by atoms with Gasteiger partial charge in [0.2, 0.25) is 0 Å². The first-order valence-electron chi connectivity index (χ1n) is 3.22. The van der Waals surface area contributed by atoms with E-state index < -0.39 is 0 Å². The fraction of sp³-hybridized carbons (Fsp3) is 0.500. The summed E-state index contributed by atoms with van der Waals surface area (Å²) in [4.78, 5) is 0. The number of hydrogen-bond donors (Lipinski definition) is 3. The number of aromatic amines is 1. The molecular formula is C6H11N3O. The molecule has 0 unspecified atom stereocenters. The van der Waals surface area contributed by atoms with Crippen LogP contribution in [0.15, 0.2) is 12.4 Å². The normalized spacial score (nSPS) is 10.1. The largest absolute Gasteiger partial charge is 0.395 e. The molecule has 0 saturated heterocycles. The Morgan fingerprint density at radius 2 is 2.60 bits per heavy atom. The number of aromatic nitrogens is 2. The summed E-state index contributed by atoms with van der Waals surface area (Å²) in [5.41, 5.74) is 1.11. The summed E-state index contributed by atoms with van der Waals surface area (Å²) in [6.45, 7) is 1.57. The zero-order valence-corrected chi connectivity index (χ0v) is 5.67. The highest BCUT2D eigenvalue weighted by atomic mass is 16.3. The van der Waals surface area contributed by atoms with E-state index in [0.717, 1.165) is 12.1 Å². The zero-order valence-electron chi connectivity index (χ0n) is 5.67. The summed E-state index contributed by atoms with van der Waals surface area (Å²) in [5.74, 6) is 0. The highest BCUT2D eigenvalue weighted by Gasteiger charge is 1.90. The summed E-state index contributed by atoms with van der Waals surface area (Å²) in [7, 11) is 0. The molecule has 0 amide bonds. The quantitative estimate of drug-likeness (QED) is 0.495. The Morgan fingerprint density at radius 1 is 1.70 bits per heavy atom. The SMILES string of the molecule is OCCNCc1cn[nH]c1. The number of nitrogens with zero attached hydrogens (tertiary/aromatic N) is 1. The van der Waals surface area contributed by atoms with Crippen molar-refractivity contribution in [1.82, 2.24) is 15.5 Å². The number of rotatable bonds is 4. The van der Waals surface area contributed by atoms with Crippen LogP contribution >= 0.6 is 0 Å². The summed E-state index contributed by atoms with van der Waals surface area (Å²) in [6, 6.07) is 0. The van der Waals surface area contributed by atoms with Crippen LogP contribution in [0, 0.1) is 0 Å². The van der Waals surface area contributed by atoms with Gasteiger partial charge in [-0.2, -0.15) is 5.10 Å². The van der Waals surface area contributed by atoms with Gasteiger partial charge in [0.05, 0.1) is 12.8 Å². The minimum Gasteiger partial charge on any atom is -0.395 e. The second kappa shape index (κ2) is 4.03. The maximum atomic E-state index is 8.41. The van der Waals surface area contributed by atoms with E-state index >= 15 is 0 Å². The van der Waals surface area contributed by atoms with Crippen LogP contribution in [0.3, 0.4) is 0 Å². The van der Waals surface area contributed by atoms with Crippen molar-refractivity contribution in [3.63, 3.8) is 0 Å². The van der Waals surface area contributed by atoms with Gasteiger partial charge in [-0.3, -0.25) is 5.10 Å². The van der Waals surface area contributed by atoms with Crippen LogP contribution in [0.1, 0.15) is 5.56 Å².